The van der Waals surface area contributed by atoms with Gasteiger partial charge in [0.25, 0.3) is 5.91 Å². The molecule has 1 N–H and O–H groups in total. The molecule has 0 aromatic heterocycles. The molecule has 0 aliphatic carbocycles. The Morgan fingerprint density at radius 2 is 1.60 bits per heavy atom. The standard InChI is InChI=1S/C14H19N3O3/c1-16-7-9-17(10-8-16)15-13(18)11-3-5-12(6-4-11)14(19)20-2/h3-6H,7-10H2,1-2H3,(H,15,18). The number of benzene rings is 1. The minimum Gasteiger partial charge on any atom is -0.465 e. The van der Waals surface area contributed by atoms with E-state index in [-0.39, 0.29) is 5.91 Å². The summed E-state index contributed by atoms with van der Waals surface area (Å²) in [6.45, 7) is 3.48. The topological polar surface area (TPSA) is 61.9 Å². The van der Waals surface area contributed by atoms with Crippen molar-refractivity contribution < 1.29 is 14.3 Å². The molecule has 0 spiro atoms. The van der Waals surface area contributed by atoms with Gasteiger partial charge >= 0.3 is 5.97 Å². The predicted molar refractivity (Wildman–Crippen MR) is 74.3 cm³/mol. The van der Waals surface area contributed by atoms with Crippen molar-refractivity contribution in [1.29, 1.82) is 0 Å². The molecule has 2 rings (SSSR count). The van der Waals surface area contributed by atoms with Crippen LogP contribution in [-0.2, 0) is 4.74 Å². The van der Waals surface area contributed by atoms with E-state index >= 15 is 0 Å². The third-order valence-electron chi connectivity index (χ3n) is 3.33. The van der Waals surface area contributed by atoms with Gasteiger partial charge in [-0.2, -0.15) is 0 Å². The van der Waals surface area contributed by atoms with Gasteiger partial charge in [-0.3, -0.25) is 10.2 Å². The Bertz CT molecular complexity index is 479. The molecule has 1 saturated heterocycles. The van der Waals surface area contributed by atoms with E-state index < -0.39 is 5.97 Å². The van der Waals surface area contributed by atoms with Gasteiger partial charge in [-0.1, -0.05) is 0 Å². The first-order valence-electron chi connectivity index (χ1n) is 6.53. The average Bonchev–Trinajstić information content (AvgIpc) is 2.49. The number of piperazine rings is 1. The molecule has 108 valence electrons. The molecule has 0 radical (unpaired) electrons. The van der Waals surface area contributed by atoms with Gasteiger partial charge in [0.1, 0.15) is 0 Å². The molecule has 0 unspecified atom stereocenters. The van der Waals surface area contributed by atoms with Gasteiger partial charge in [-0.05, 0) is 31.3 Å². The van der Waals surface area contributed by atoms with E-state index in [4.69, 9.17) is 0 Å². The second kappa shape index (κ2) is 6.49. The molecule has 0 bridgehead atoms. The van der Waals surface area contributed by atoms with Crippen molar-refractivity contribution >= 4 is 11.9 Å². The fourth-order valence-electron chi connectivity index (χ4n) is 2.00. The normalized spacial score (nSPS) is 16.7. The fourth-order valence-corrected chi connectivity index (χ4v) is 2.00. The quantitative estimate of drug-likeness (QED) is 0.809. The molecule has 0 saturated carbocycles. The maximum Gasteiger partial charge on any atom is 0.337 e. The monoisotopic (exact) mass is 277 g/mol. The minimum absolute atomic E-state index is 0.161. The summed E-state index contributed by atoms with van der Waals surface area (Å²) < 4.78 is 4.62. The molecular weight excluding hydrogens is 258 g/mol. The molecular formula is C14H19N3O3. The van der Waals surface area contributed by atoms with Crippen molar-refractivity contribution in [3.05, 3.63) is 35.4 Å². The molecule has 1 heterocycles. The van der Waals surface area contributed by atoms with Crippen molar-refractivity contribution in [2.75, 3.05) is 40.3 Å². The van der Waals surface area contributed by atoms with Crippen molar-refractivity contribution in [1.82, 2.24) is 15.3 Å². The maximum absolute atomic E-state index is 12.1. The van der Waals surface area contributed by atoms with E-state index in [9.17, 15) is 9.59 Å². The summed E-state index contributed by atoms with van der Waals surface area (Å²) in [5.41, 5.74) is 3.83. The Balaban J connectivity index is 1.94. The molecule has 1 aliphatic heterocycles. The zero-order valence-corrected chi connectivity index (χ0v) is 11.8. The van der Waals surface area contributed by atoms with Gasteiger partial charge < -0.3 is 9.64 Å². The number of methoxy groups -OCH3 is 1. The summed E-state index contributed by atoms with van der Waals surface area (Å²) in [6, 6.07) is 6.42. The number of likely N-dealkylation sites (N-methyl/N-ethyl adjacent to an activating group) is 1. The number of ether oxygens (including phenoxy) is 1. The van der Waals surface area contributed by atoms with Crippen LogP contribution in [0.1, 0.15) is 20.7 Å². The smallest absolute Gasteiger partial charge is 0.337 e. The summed E-state index contributed by atoms with van der Waals surface area (Å²) in [7, 11) is 3.39. The van der Waals surface area contributed by atoms with Crippen LogP contribution in [0.25, 0.3) is 0 Å². The van der Waals surface area contributed by atoms with Crippen molar-refractivity contribution in [3.8, 4) is 0 Å². The first-order chi connectivity index (χ1) is 9.60. The highest BCUT2D eigenvalue weighted by Crippen LogP contribution is 2.06. The summed E-state index contributed by atoms with van der Waals surface area (Å²) >= 11 is 0. The summed E-state index contributed by atoms with van der Waals surface area (Å²) in [5.74, 6) is -0.568. The van der Waals surface area contributed by atoms with Crippen LogP contribution >= 0.6 is 0 Å². The van der Waals surface area contributed by atoms with E-state index in [0.717, 1.165) is 26.2 Å². The van der Waals surface area contributed by atoms with Crippen LogP contribution in [0.15, 0.2) is 24.3 Å². The van der Waals surface area contributed by atoms with Gasteiger partial charge in [0.05, 0.1) is 12.7 Å². The number of hydrogen-bond donors (Lipinski definition) is 1. The van der Waals surface area contributed by atoms with Crippen molar-refractivity contribution in [2.45, 2.75) is 0 Å². The van der Waals surface area contributed by atoms with E-state index in [2.05, 4.69) is 22.1 Å². The number of esters is 1. The molecule has 1 aliphatic rings. The summed E-state index contributed by atoms with van der Waals surface area (Å²) in [6.07, 6.45) is 0. The van der Waals surface area contributed by atoms with Gasteiger partial charge in [0.15, 0.2) is 0 Å². The van der Waals surface area contributed by atoms with Gasteiger partial charge in [0, 0.05) is 31.7 Å². The zero-order valence-electron chi connectivity index (χ0n) is 11.8. The second-order valence-electron chi connectivity index (χ2n) is 4.80. The van der Waals surface area contributed by atoms with Gasteiger partial charge in [-0.15, -0.1) is 0 Å². The number of amides is 1. The van der Waals surface area contributed by atoms with Crippen LogP contribution in [0.2, 0.25) is 0 Å². The van der Waals surface area contributed by atoms with Crippen LogP contribution in [0, 0.1) is 0 Å². The highest BCUT2D eigenvalue weighted by Gasteiger charge is 2.16. The third kappa shape index (κ3) is 3.55. The molecule has 20 heavy (non-hydrogen) atoms. The number of carbonyl (C=O) groups excluding carboxylic acids is 2. The van der Waals surface area contributed by atoms with Gasteiger partial charge in [0.2, 0.25) is 0 Å². The summed E-state index contributed by atoms with van der Waals surface area (Å²) in [4.78, 5) is 25.6. The van der Waals surface area contributed by atoms with E-state index in [0.29, 0.717) is 11.1 Å². The SMILES string of the molecule is COC(=O)c1ccc(C(=O)NN2CCN(C)CC2)cc1. The maximum atomic E-state index is 12.1. The third-order valence-corrected chi connectivity index (χ3v) is 3.33. The van der Waals surface area contributed by atoms with E-state index in [1.54, 1.807) is 24.3 Å². The lowest BCUT2D eigenvalue weighted by molar-refractivity contribution is 0.0598. The fraction of sp³-hybridized carbons (Fsp3) is 0.429. The predicted octanol–water partition coefficient (Wildman–Crippen LogP) is 0.365. The molecule has 1 aromatic carbocycles. The van der Waals surface area contributed by atoms with Gasteiger partial charge in [-0.25, -0.2) is 9.80 Å². The minimum atomic E-state index is -0.406. The number of hydrazine groups is 1. The molecule has 6 heteroatoms. The van der Waals surface area contributed by atoms with Crippen molar-refractivity contribution in [3.63, 3.8) is 0 Å². The molecule has 1 fully saturated rings. The Morgan fingerprint density at radius 3 is 2.15 bits per heavy atom. The highest BCUT2D eigenvalue weighted by atomic mass is 16.5. The molecule has 1 amide bonds. The largest absolute Gasteiger partial charge is 0.465 e. The number of carbonyl (C=O) groups is 2. The Kier molecular flexibility index (Phi) is 4.70. The van der Waals surface area contributed by atoms with Crippen LogP contribution in [-0.4, -0.2) is 62.1 Å². The van der Waals surface area contributed by atoms with E-state index in [1.807, 2.05) is 5.01 Å². The Labute approximate surface area is 118 Å². The lowest BCUT2D eigenvalue weighted by atomic mass is 10.1. The molecule has 6 nitrogen and oxygen atoms in total. The first-order valence-corrected chi connectivity index (χ1v) is 6.53. The lowest BCUT2D eigenvalue weighted by Gasteiger charge is -2.32. The molecule has 0 atom stereocenters. The molecule has 1 aromatic rings. The lowest BCUT2D eigenvalue weighted by Crippen LogP contribution is -2.52. The number of nitrogens with zero attached hydrogens (tertiary/aromatic N) is 2. The van der Waals surface area contributed by atoms with Crippen LogP contribution in [0.5, 0.6) is 0 Å². The second-order valence-corrected chi connectivity index (χ2v) is 4.80. The van der Waals surface area contributed by atoms with Crippen LogP contribution in [0.4, 0.5) is 0 Å². The Hall–Kier alpha value is -1.92. The van der Waals surface area contributed by atoms with E-state index in [1.165, 1.54) is 7.11 Å². The highest BCUT2D eigenvalue weighted by molar-refractivity contribution is 5.95. The summed E-state index contributed by atoms with van der Waals surface area (Å²) in [5, 5.41) is 1.91. The Morgan fingerprint density at radius 1 is 1.05 bits per heavy atom. The number of hydrogen-bond acceptors (Lipinski definition) is 5. The number of nitrogens with one attached hydrogen (secondary N) is 1. The number of rotatable bonds is 3. The zero-order chi connectivity index (χ0) is 14.5. The van der Waals surface area contributed by atoms with Crippen LogP contribution in [0.3, 0.4) is 0 Å². The average molecular weight is 277 g/mol. The van der Waals surface area contributed by atoms with Crippen LogP contribution < -0.4 is 5.43 Å². The van der Waals surface area contributed by atoms with Crippen molar-refractivity contribution in [2.24, 2.45) is 0 Å². The first kappa shape index (κ1) is 14.5.